The molecule has 0 fully saturated rings. The van der Waals surface area contributed by atoms with Gasteiger partial charge < -0.3 is 5.32 Å². The maximum absolute atomic E-state index is 13.6. The number of hydrogen-bond acceptors (Lipinski definition) is 1. The average Bonchev–Trinajstić information content (AvgIpc) is 2.41. The molecule has 2 aromatic carbocycles. The second-order valence-corrected chi connectivity index (χ2v) is 6.16. The van der Waals surface area contributed by atoms with Gasteiger partial charge in [-0.2, -0.15) is 0 Å². The molecule has 0 atom stereocenters. The van der Waals surface area contributed by atoms with Crippen molar-refractivity contribution in [1.82, 2.24) is 5.32 Å². The van der Waals surface area contributed by atoms with Gasteiger partial charge >= 0.3 is 0 Å². The molecule has 0 heterocycles. The topological polar surface area (TPSA) is 12.0 Å². The lowest BCUT2D eigenvalue weighted by Gasteiger charge is -2.15. The zero-order valence-corrected chi connectivity index (χ0v) is 13.7. The van der Waals surface area contributed by atoms with E-state index in [0.29, 0.717) is 17.6 Å². The van der Waals surface area contributed by atoms with Gasteiger partial charge in [0, 0.05) is 23.2 Å². The first kappa shape index (κ1) is 16.0. The summed E-state index contributed by atoms with van der Waals surface area (Å²) in [6, 6.07) is 9.26. The Morgan fingerprint density at radius 3 is 2.38 bits per heavy atom. The van der Waals surface area contributed by atoms with Crippen molar-refractivity contribution in [2.45, 2.75) is 40.3 Å². The zero-order chi connectivity index (χ0) is 15.6. The second-order valence-electron chi connectivity index (χ2n) is 5.75. The van der Waals surface area contributed by atoms with Crippen LogP contribution in [0.5, 0.6) is 0 Å². The van der Waals surface area contributed by atoms with Gasteiger partial charge in [-0.25, -0.2) is 4.39 Å². The van der Waals surface area contributed by atoms with E-state index in [1.807, 2.05) is 19.1 Å². The molecule has 0 aliphatic rings. The Morgan fingerprint density at radius 2 is 1.71 bits per heavy atom. The van der Waals surface area contributed by atoms with Gasteiger partial charge in [0.25, 0.3) is 0 Å². The van der Waals surface area contributed by atoms with Crippen LogP contribution in [0.2, 0.25) is 5.02 Å². The Kier molecular flexibility index (Phi) is 5.02. The van der Waals surface area contributed by atoms with Crippen LogP contribution in [0.15, 0.2) is 30.3 Å². The molecule has 2 rings (SSSR count). The molecule has 1 nitrogen and oxygen atoms in total. The number of benzene rings is 2. The summed E-state index contributed by atoms with van der Waals surface area (Å²) >= 11 is 6.40. The van der Waals surface area contributed by atoms with Gasteiger partial charge in [0.1, 0.15) is 5.82 Å². The SMILES string of the molecule is Cc1cc(Cl)c(-c2ccc(F)cc2CNC(C)C)cc1C. The van der Waals surface area contributed by atoms with E-state index in [9.17, 15) is 4.39 Å². The normalized spacial score (nSPS) is 11.2. The second kappa shape index (κ2) is 6.59. The van der Waals surface area contributed by atoms with Gasteiger partial charge in [-0.05, 0) is 60.4 Å². The summed E-state index contributed by atoms with van der Waals surface area (Å²) in [7, 11) is 0. The molecule has 1 N–H and O–H groups in total. The van der Waals surface area contributed by atoms with Gasteiger partial charge in [-0.15, -0.1) is 0 Å². The first-order chi connectivity index (χ1) is 9.88. The third-order valence-corrected chi connectivity index (χ3v) is 3.95. The van der Waals surface area contributed by atoms with Gasteiger partial charge in [-0.3, -0.25) is 0 Å². The molecule has 0 amide bonds. The van der Waals surface area contributed by atoms with Crippen LogP contribution in [0.3, 0.4) is 0 Å². The minimum Gasteiger partial charge on any atom is -0.310 e. The Balaban J connectivity index is 2.50. The first-order valence-corrected chi connectivity index (χ1v) is 7.55. The van der Waals surface area contributed by atoms with Crippen LogP contribution in [0.1, 0.15) is 30.5 Å². The predicted octanol–water partition coefficient (Wildman–Crippen LogP) is 5.26. The Bertz CT molecular complexity index is 650. The van der Waals surface area contributed by atoms with Crippen molar-refractivity contribution in [2.24, 2.45) is 0 Å². The molecule has 3 heteroatoms. The Hall–Kier alpha value is -1.38. The van der Waals surface area contributed by atoms with Crippen LogP contribution in [-0.2, 0) is 6.54 Å². The highest BCUT2D eigenvalue weighted by atomic mass is 35.5. The number of rotatable bonds is 4. The van der Waals surface area contributed by atoms with E-state index in [0.717, 1.165) is 22.3 Å². The van der Waals surface area contributed by atoms with Crippen molar-refractivity contribution in [1.29, 1.82) is 0 Å². The van der Waals surface area contributed by atoms with Gasteiger partial charge in [0.15, 0.2) is 0 Å². The van der Waals surface area contributed by atoms with Crippen LogP contribution in [0.25, 0.3) is 11.1 Å². The third-order valence-electron chi connectivity index (χ3n) is 3.64. The summed E-state index contributed by atoms with van der Waals surface area (Å²) in [4.78, 5) is 0. The molecule has 0 aliphatic carbocycles. The molecule has 0 aromatic heterocycles. The fourth-order valence-corrected chi connectivity index (χ4v) is 2.59. The molecule has 112 valence electrons. The standard InChI is InChI=1S/C18H21ClFN/c1-11(2)21-10-14-9-15(20)5-6-16(14)17-7-12(3)13(4)8-18(17)19/h5-9,11,21H,10H2,1-4H3. The molecule has 0 aliphatic heterocycles. The van der Waals surface area contributed by atoms with Crippen LogP contribution in [0.4, 0.5) is 4.39 Å². The minimum atomic E-state index is -0.223. The van der Waals surface area contributed by atoms with E-state index in [-0.39, 0.29) is 5.82 Å². The van der Waals surface area contributed by atoms with E-state index in [1.165, 1.54) is 11.6 Å². The van der Waals surface area contributed by atoms with E-state index < -0.39 is 0 Å². The molecule has 21 heavy (non-hydrogen) atoms. The molecular formula is C18H21ClFN. The van der Waals surface area contributed by atoms with E-state index in [4.69, 9.17) is 11.6 Å². The fourth-order valence-electron chi connectivity index (χ4n) is 2.27. The fraction of sp³-hybridized carbons (Fsp3) is 0.333. The van der Waals surface area contributed by atoms with Gasteiger partial charge in [-0.1, -0.05) is 31.5 Å². The van der Waals surface area contributed by atoms with Crippen molar-refractivity contribution >= 4 is 11.6 Å². The monoisotopic (exact) mass is 305 g/mol. The predicted molar refractivity (Wildman–Crippen MR) is 88.3 cm³/mol. The highest BCUT2D eigenvalue weighted by molar-refractivity contribution is 6.33. The Labute approximate surface area is 131 Å². The quantitative estimate of drug-likeness (QED) is 0.812. The van der Waals surface area contributed by atoms with E-state index in [1.54, 1.807) is 6.07 Å². The molecule has 0 saturated heterocycles. The molecule has 0 spiro atoms. The smallest absolute Gasteiger partial charge is 0.123 e. The maximum atomic E-state index is 13.6. The molecule has 0 bridgehead atoms. The molecular weight excluding hydrogens is 285 g/mol. The van der Waals surface area contributed by atoms with Crippen LogP contribution in [0, 0.1) is 19.7 Å². The van der Waals surface area contributed by atoms with Crippen molar-refractivity contribution in [2.75, 3.05) is 0 Å². The lowest BCUT2D eigenvalue weighted by atomic mass is 9.96. The number of hydrogen-bond donors (Lipinski definition) is 1. The number of nitrogens with one attached hydrogen (secondary N) is 1. The molecule has 0 saturated carbocycles. The van der Waals surface area contributed by atoms with Crippen LogP contribution >= 0.6 is 11.6 Å². The van der Waals surface area contributed by atoms with Crippen LogP contribution in [-0.4, -0.2) is 6.04 Å². The maximum Gasteiger partial charge on any atom is 0.123 e. The van der Waals surface area contributed by atoms with Gasteiger partial charge in [0.05, 0.1) is 0 Å². The molecule has 0 radical (unpaired) electrons. The molecule has 0 unspecified atom stereocenters. The highest BCUT2D eigenvalue weighted by Crippen LogP contribution is 2.33. The highest BCUT2D eigenvalue weighted by Gasteiger charge is 2.12. The first-order valence-electron chi connectivity index (χ1n) is 7.17. The van der Waals surface area contributed by atoms with E-state index in [2.05, 4.69) is 32.2 Å². The summed E-state index contributed by atoms with van der Waals surface area (Å²) in [5.74, 6) is -0.223. The Morgan fingerprint density at radius 1 is 1.05 bits per heavy atom. The van der Waals surface area contributed by atoms with Crippen molar-refractivity contribution < 1.29 is 4.39 Å². The average molecular weight is 306 g/mol. The van der Waals surface area contributed by atoms with Crippen molar-refractivity contribution in [3.8, 4) is 11.1 Å². The summed E-state index contributed by atoms with van der Waals surface area (Å²) in [5, 5.41) is 4.04. The van der Waals surface area contributed by atoms with Crippen molar-refractivity contribution in [3.05, 3.63) is 57.9 Å². The summed E-state index contributed by atoms with van der Waals surface area (Å²) in [5.41, 5.74) is 5.21. The molecule has 2 aromatic rings. The minimum absolute atomic E-state index is 0.223. The number of halogens is 2. The summed E-state index contributed by atoms with van der Waals surface area (Å²) in [6.45, 7) is 8.86. The summed E-state index contributed by atoms with van der Waals surface area (Å²) in [6.07, 6.45) is 0. The van der Waals surface area contributed by atoms with Gasteiger partial charge in [0.2, 0.25) is 0 Å². The largest absolute Gasteiger partial charge is 0.310 e. The summed E-state index contributed by atoms with van der Waals surface area (Å²) < 4.78 is 13.6. The van der Waals surface area contributed by atoms with Crippen molar-refractivity contribution in [3.63, 3.8) is 0 Å². The zero-order valence-electron chi connectivity index (χ0n) is 12.9. The van der Waals surface area contributed by atoms with Crippen LogP contribution < -0.4 is 5.32 Å². The number of aryl methyl sites for hydroxylation is 2. The lowest BCUT2D eigenvalue weighted by Crippen LogP contribution is -2.22. The van der Waals surface area contributed by atoms with E-state index >= 15 is 0 Å². The lowest BCUT2D eigenvalue weighted by molar-refractivity contribution is 0.582. The third kappa shape index (κ3) is 3.84.